The van der Waals surface area contributed by atoms with Crippen LogP contribution in [0.25, 0.3) is 6.08 Å². The molecule has 1 aliphatic rings. The SMILES string of the molecule is CC.Cc1cc2c(cc1C)CC(C)C=C2. The third-order valence-electron chi connectivity index (χ3n) is 2.90. The molecular formula is C15H22. The topological polar surface area (TPSA) is 0 Å². The van der Waals surface area contributed by atoms with Crippen LogP contribution in [0.15, 0.2) is 18.2 Å². The Bertz CT molecular complexity index is 359. The van der Waals surface area contributed by atoms with Crippen molar-refractivity contribution in [1.29, 1.82) is 0 Å². The van der Waals surface area contributed by atoms with Crippen LogP contribution >= 0.6 is 0 Å². The molecule has 0 aromatic heterocycles. The minimum Gasteiger partial charge on any atom is -0.0808 e. The van der Waals surface area contributed by atoms with Crippen molar-refractivity contribution in [2.45, 2.75) is 41.0 Å². The first kappa shape index (κ1) is 12.0. The molecule has 1 atom stereocenters. The molecule has 0 nitrogen and oxygen atoms in total. The van der Waals surface area contributed by atoms with E-state index in [1.54, 1.807) is 0 Å². The van der Waals surface area contributed by atoms with Crippen molar-refractivity contribution in [3.8, 4) is 0 Å². The molecule has 0 bridgehead atoms. The van der Waals surface area contributed by atoms with Gasteiger partial charge >= 0.3 is 0 Å². The lowest BCUT2D eigenvalue weighted by Gasteiger charge is -2.17. The third-order valence-corrected chi connectivity index (χ3v) is 2.90. The molecule has 1 aromatic rings. The summed E-state index contributed by atoms with van der Waals surface area (Å²) in [6.45, 7) is 10.6. The molecule has 0 heteroatoms. The summed E-state index contributed by atoms with van der Waals surface area (Å²) in [6, 6.07) is 4.64. The number of hydrogen-bond donors (Lipinski definition) is 0. The van der Waals surface area contributed by atoms with Gasteiger partial charge in [0, 0.05) is 0 Å². The molecule has 82 valence electrons. The average Bonchev–Trinajstić information content (AvgIpc) is 2.23. The van der Waals surface area contributed by atoms with Gasteiger partial charge in [0.2, 0.25) is 0 Å². The maximum atomic E-state index is 2.34. The highest BCUT2D eigenvalue weighted by atomic mass is 14.1. The molecule has 0 radical (unpaired) electrons. The zero-order valence-corrected chi connectivity index (χ0v) is 10.6. The summed E-state index contributed by atoms with van der Waals surface area (Å²) in [5.41, 5.74) is 5.75. The van der Waals surface area contributed by atoms with Gasteiger partial charge in [-0.3, -0.25) is 0 Å². The summed E-state index contributed by atoms with van der Waals surface area (Å²) in [7, 11) is 0. The maximum Gasteiger partial charge on any atom is -0.0212 e. The van der Waals surface area contributed by atoms with Gasteiger partial charge in [-0.2, -0.15) is 0 Å². The minimum absolute atomic E-state index is 0.703. The molecule has 0 aliphatic heterocycles. The van der Waals surface area contributed by atoms with Crippen molar-refractivity contribution < 1.29 is 0 Å². The molecule has 0 fully saturated rings. The number of fused-ring (bicyclic) bond motifs is 1. The highest BCUT2D eigenvalue weighted by Gasteiger charge is 2.10. The lowest BCUT2D eigenvalue weighted by atomic mass is 9.88. The van der Waals surface area contributed by atoms with Gasteiger partial charge in [0.15, 0.2) is 0 Å². The normalized spacial score (nSPS) is 17.8. The van der Waals surface area contributed by atoms with E-state index in [9.17, 15) is 0 Å². The summed E-state index contributed by atoms with van der Waals surface area (Å²) in [5, 5.41) is 0. The van der Waals surface area contributed by atoms with Crippen molar-refractivity contribution >= 4 is 6.08 Å². The van der Waals surface area contributed by atoms with E-state index in [-0.39, 0.29) is 0 Å². The van der Waals surface area contributed by atoms with Crippen LogP contribution in [0.3, 0.4) is 0 Å². The standard InChI is InChI=1S/C13H16.C2H6/c1-9-4-5-12-7-10(2)11(3)8-13(12)6-9;1-2/h4-5,7-9H,6H2,1-3H3;1-2H3. The second kappa shape index (κ2) is 5.16. The fraction of sp³-hybridized carbons (Fsp3) is 0.467. The molecule has 0 N–H and O–H groups in total. The summed E-state index contributed by atoms with van der Waals surface area (Å²) in [5.74, 6) is 0.703. The van der Waals surface area contributed by atoms with Crippen molar-refractivity contribution in [3.05, 3.63) is 40.5 Å². The van der Waals surface area contributed by atoms with Gasteiger partial charge in [0.1, 0.15) is 0 Å². The van der Waals surface area contributed by atoms with Crippen LogP contribution in [0, 0.1) is 19.8 Å². The Morgan fingerprint density at radius 3 is 2.33 bits per heavy atom. The van der Waals surface area contributed by atoms with Gasteiger partial charge in [-0.1, -0.05) is 45.1 Å². The Labute approximate surface area is 94.0 Å². The molecule has 1 aromatic carbocycles. The number of rotatable bonds is 0. The van der Waals surface area contributed by atoms with Crippen molar-refractivity contribution in [1.82, 2.24) is 0 Å². The minimum atomic E-state index is 0.703. The summed E-state index contributed by atoms with van der Waals surface area (Å²) >= 11 is 0. The molecular weight excluding hydrogens is 180 g/mol. The van der Waals surface area contributed by atoms with E-state index in [0.29, 0.717) is 5.92 Å². The second-order valence-electron chi connectivity index (χ2n) is 4.18. The van der Waals surface area contributed by atoms with Gasteiger partial charge in [-0.25, -0.2) is 0 Å². The van der Waals surface area contributed by atoms with E-state index >= 15 is 0 Å². The van der Waals surface area contributed by atoms with Crippen molar-refractivity contribution in [2.75, 3.05) is 0 Å². The summed E-state index contributed by atoms with van der Waals surface area (Å²) in [4.78, 5) is 0. The van der Waals surface area contributed by atoms with Gasteiger partial charge in [0.05, 0.1) is 0 Å². The van der Waals surface area contributed by atoms with Gasteiger partial charge in [0.25, 0.3) is 0 Å². The van der Waals surface area contributed by atoms with Crippen molar-refractivity contribution in [3.63, 3.8) is 0 Å². The predicted octanol–water partition coefficient (Wildman–Crippen LogP) is 4.54. The van der Waals surface area contributed by atoms with Gasteiger partial charge in [-0.15, -0.1) is 0 Å². The summed E-state index contributed by atoms with van der Waals surface area (Å²) < 4.78 is 0. The van der Waals surface area contributed by atoms with Crippen LogP contribution in [0.4, 0.5) is 0 Å². The van der Waals surface area contributed by atoms with Crippen molar-refractivity contribution in [2.24, 2.45) is 5.92 Å². The van der Waals surface area contributed by atoms with E-state index in [1.165, 1.54) is 28.7 Å². The Morgan fingerprint density at radius 1 is 1.07 bits per heavy atom. The molecule has 2 rings (SSSR count). The van der Waals surface area contributed by atoms with E-state index in [1.807, 2.05) is 13.8 Å². The Balaban J connectivity index is 0.000000531. The monoisotopic (exact) mass is 202 g/mol. The first-order chi connectivity index (χ1) is 7.16. The molecule has 0 amide bonds. The highest BCUT2D eigenvalue weighted by molar-refractivity contribution is 5.59. The fourth-order valence-corrected chi connectivity index (χ4v) is 1.91. The van der Waals surface area contributed by atoms with Crippen LogP contribution in [0.5, 0.6) is 0 Å². The van der Waals surface area contributed by atoms with Gasteiger partial charge < -0.3 is 0 Å². The van der Waals surface area contributed by atoms with Crippen LogP contribution in [-0.4, -0.2) is 0 Å². The van der Waals surface area contributed by atoms with E-state index in [2.05, 4.69) is 45.1 Å². The molecule has 1 unspecified atom stereocenters. The second-order valence-corrected chi connectivity index (χ2v) is 4.18. The lowest BCUT2D eigenvalue weighted by Crippen LogP contribution is -2.04. The van der Waals surface area contributed by atoms with Crippen LogP contribution in [-0.2, 0) is 6.42 Å². The average molecular weight is 202 g/mol. The highest BCUT2D eigenvalue weighted by Crippen LogP contribution is 2.25. The fourth-order valence-electron chi connectivity index (χ4n) is 1.91. The Kier molecular flexibility index (Phi) is 4.14. The van der Waals surface area contributed by atoms with Gasteiger partial charge in [-0.05, 0) is 48.4 Å². The number of aryl methyl sites for hydroxylation is 2. The Hall–Kier alpha value is -1.04. The molecule has 0 spiro atoms. The summed E-state index contributed by atoms with van der Waals surface area (Å²) in [6.07, 6.45) is 5.76. The maximum absolute atomic E-state index is 2.34. The quantitative estimate of drug-likeness (QED) is 0.579. The van der Waals surface area contributed by atoms with E-state index in [0.717, 1.165) is 0 Å². The van der Waals surface area contributed by atoms with Crippen LogP contribution in [0.2, 0.25) is 0 Å². The van der Waals surface area contributed by atoms with Crippen LogP contribution in [0.1, 0.15) is 43.0 Å². The largest absolute Gasteiger partial charge is 0.0808 e. The number of allylic oxidation sites excluding steroid dienone is 1. The third kappa shape index (κ3) is 2.71. The first-order valence-electron chi connectivity index (χ1n) is 5.95. The molecule has 1 aliphatic carbocycles. The Morgan fingerprint density at radius 2 is 1.67 bits per heavy atom. The molecule has 0 heterocycles. The first-order valence-corrected chi connectivity index (χ1v) is 5.95. The molecule has 0 saturated carbocycles. The lowest BCUT2D eigenvalue weighted by molar-refractivity contribution is 0.716. The van der Waals surface area contributed by atoms with E-state index < -0.39 is 0 Å². The zero-order valence-electron chi connectivity index (χ0n) is 10.6. The number of benzene rings is 1. The zero-order chi connectivity index (χ0) is 11.4. The smallest absolute Gasteiger partial charge is 0.0212 e. The van der Waals surface area contributed by atoms with Crippen LogP contribution < -0.4 is 0 Å². The molecule has 0 saturated heterocycles. The molecule has 15 heavy (non-hydrogen) atoms. The predicted molar refractivity (Wildman–Crippen MR) is 69.2 cm³/mol. The number of hydrogen-bond acceptors (Lipinski definition) is 0. The van der Waals surface area contributed by atoms with E-state index in [4.69, 9.17) is 0 Å².